The van der Waals surface area contributed by atoms with Gasteiger partial charge in [0.25, 0.3) is 0 Å². The summed E-state index contributed by atoms with van der Waals surface area (Å²) in [7, 11) is 1.71. The molecule has 0 radical (unpaired) electrons. The predicted octanol–water partition coefficient (Wildman–Crippen LogP) is 3.02. The number of carbonyl (C=O) groups is 3. The number of carbonyl (C=O) groups excluding carboxylic acids is 3. The summed E-state index contributed by atoms with van der Waals surface area (Å²) < 4.78 is 13.2. The lowest BCUT2D eigenvalue weighted by atomic mass is 9.97. The molecule has 0 saturated carbocycles. The molecule has 0 aliphatic carbocycles. The van der Waals surface area contributed by atoms with Gasteiger partial charge in [0.15, 0.2) is 0 Å². The second-order valence-electron chi connectivity index (χ2n) is 9.71. The molecule has 4 rings (SSSR count). The highest BCUT2D eigenvalue weighted by Gasteiger charge is 2.50. The number of amides is 4. The number of halogens is 1. The Morgan fingerprint density at radius 1 is 1.23 bits per heavy atom. The van der Waals surface area contributed by atoms with Crippen molar-refractivity contribution in [3.63, 3.8) is 0 Å². The summed E-state index contributed by atoms with van der Waals surface area (Å²) in [5.41, 5.74) is 0.771. The maximum absolute atomic E-state index is 13.5. The fourth-order valence-corrected chi connectivity index (χ4v) is 5.90. The topological polar surface area (TPSA) is 76.2 Å². The van der Waals surface area contributed by atoms with Crippen molar-refractivity contribution in [3.05, 3.63) is 46.6 Å². The zero-order valence-electron chi connectivity index (χ0n) is 20.6. The molecule has 1 N–H and O–H groups in total. The van der Waals surface area contributed by atoms with Gasteiger partial charge in [-0.15, -0.1) is 11.8 Å². The van der Waals surface area contributed by atoms with E-state index in [4.69, 9.17) is 0 Å². The van der Waals surface area contributed by atoms with Crippen LogP contribution >= 0.6 is 11.8 Å². The van der Waals surface area contributed by atoms with Gasteiger partial charge in [-0.25, -0.2) is 19.2 Å². The molecule has 10 heteroatoms. The van der Waals surface area contributed by atoms with Crippen LogP contribution in [0.1, 0.15) is 38.7 Å². The van der Waals surface area contributed by atoms with Gasteiger partial charge in [0.2, 0.25) is 11.8 Å². The maximum atomic E-state index is 13.5. The first-order chi connectivity index (χ1) is 16.7. The molecule has 3 heterocycles. The average molecular weight is 504 g/mol. The van der Waals surface area contributed by atoms with Crippen molar-refractivity contribution >= 4 is 29.6 Å². The molecule has 190 valence electrons. The lowest BCUT2D eigenvalue weighted by molar-refractivity contribution is -0.187. The van der Waals surface area contributed by atoms with Crippen molar-refractivity contribution in [1.82, 2.24) is 25.1 Å². The van der Waals surface area contributed by atoms with Crippen molar-refractivity contribution < 1.29 is 18.8 Å². The van der Waals surface area contributed by atoms with Crippen molar-refractivity contribution in [3.8, 4) is 0 Å². The first-order valence-corrected chi connectivity index (χ1v) is 13.2. The Bertz CT molecular complexity index is 986. The van der Waals surface area contributed by atoms with Crippen molar-refractivity contribution in [1.29, 1.82) is 0 Å². The standard InChI is InChI=1S/C25H34FN5O3S/c1-17(2)13-21-24(33)29(11-10-20-5-4-12-35-20)15-22-30(21)23(32)16-28(3)31(22)25(34)27-14-18-6-8-19(26)9-7-18/h5-9,17,21-22H,4,10-16H2,1-3H3,(H,27,34)/t21-,22-/m0/s1. The van der Waals surface area contributed by atoms with Crippen molar-refractivity contribution in [2.24, 2.45) is 5.92 Å². The van der Waals surface area contributed by atoms with Crippen LogP contribution in [0.25, 0.3) is 0 Å². The fourth-order valence-electron chi connectivity index (χ4n) is 4.93. The van der Waals surface area contributed by atoms with Crippen LogP contribution in [-0.4, -0.2) is 82.3 Å². The Balaban J connectivity index is 1.54. The molecule has 35 heavy (non-hydrogen) atoms. The van der Waals surface area contributed by atoms with Gasteiger partial charge in [0.05, 0.1) is 13.1 Å². The van der Waals surface area contributed by atoms with Gasteiger partial charge in [-0.2, -0.15) is 0 Å². The van der Waals surface area contributed by atoms with Gasteiger partial charge in [-0.1, -0.05) is 32.1 Å². The second kappa shape index (κ2) is 11.0. The van der Waals surface area contributed by atoms with Crippen LogP contribution in [-0.2, 0) is 16.1 Å². The molecule has 1 aromatic carbocycles. The first kappa shape index (κ1) is 25.5. The quantitative estimate of drug-likeness (QED) is 0.619. The minimum Gasteiger partial charge on any atom is -0.337 e. The number of likely N-dealkylation sites (N-methyl/N-ethyl adjacent to an activating group) is 1. The normalized spacial score (nSPS) is 23.1. The number of rotatable bonds is 7. The molecule has 1 aromatic rings. The number of nitrogens with one attached hydrogen (secondary N) is 1. The molecule has 4 amide bonds. The van der Waals surface area contributed by atoms with Crippen LogP contribution in [0.3, 0.4) is 0 Å². The molecular formula is C25H34FN5O3S. The number of piperazine rings is 1. The van der Waals surface area contributed by atoms with E-state index in [0.29, 0.717) is 13.0 Å². The van der Waals surface area contributed by atoms with Gasteiger partial charge in [0.1, 0.15) is 18.0 Å². The van der Waals surface area contributed by atoms with E-state index >= 15 is 0 Å². The van der Waals surface area contributed by atoms with E-state index in [1.54, 1.807) is 34.1 Å². The lowest BCUT2D eigenvalue weighted by Gasteiger charge is -2.54. The number of nitrogens with zero attached hydrogens (tertiary/aromatic N) is 4. The highest BCUT2D eigenvalue weighted by atomic mass is 32.2. The van der Waals surface area contributed by atoms with Crippen LogP contribution in [0.4, 0.5) is 9.18 Å². The Hall–Kier alpha value is -2.59. The third kappa shape index (κ3) is 5.81. The zero-order chi connectivity index (χ0) is 25.1. The number of hydrazine groups is 1. The molecule has 2 atom stereocenters. The Labute approximate surface area is 210 Å². The summed E-state index contributed by atoms with van der Waals surface area (Å²) in [6.45, 7) is 5.16. The summed E-state index contributed by atoms with van der Waals surface area (Å²) in [5, 5.41) is 6.07. The first-order valence-electron chi connectivity index (χ1n) is 12.2. The summed E-state index contributed by atoms with van der Waals surface area (Å²) in [5.74, 6) is 0.776. The number of urea groups is 1. The molecular weight excluding hydrogens is 469 g/mol. The molecule has 0 bridgehead atoms. The zero-order valence-corrected chi connectivity index (χ0v) is 21.4. The Morgan fingerprint density at radius 2 is 1.97 bits per heavy atom. The van der Waals surface area contributed by atoms with Gasteiger partial charge < -0.3 is 15.1 Å². The number of benzene rings is 1. The van der Waals surface area contributed by atoms with Crippen LogP contribution in [0.15, 0.2) is 35.2 Å². The third-order valence-corrected chi connectivity index (χ3v) is 7.79. The van der Waals surface area contributed by atoms with Gasteiger partial charge in [-0.05, 0) is 47.8 Å². The van der Waals surface area contributed by atoms with Crippen molar-refractivity contribution in [2.45, 2.75) is 51.9 Å². The Morgan fingerprint density at radius 3 is 2.63 bits per heavy atom. The molecule has 0 unspecified atom stereocenters. The summed E-state index contributed by atoms with van der Waals surface area (Å²) in [6.07, 6.45) is 4.04. The third-order valence-electron chi connectivity index (χ3n) is 6.60. The van der Waals surface area contributed by atoms with E-state index in [-0.39, 0.29) is 49.2 Å². The summed E-state index contributed by atoms with van der Waals surface area (Å²) >= 11 is 1.83. The number of hydrogen-bond acceptors (Lipinski definition) is 5. The van der Waals surface area contributed by atoms with Crippen LogP contribution < -0.4 is 5.32 Å². The predicted molar refractivity (Wildman–Crippen MR) is 133 cm³/mol. The molecule has 3 aliphatic heterocycles. The highest BCUT2D eigenvalue weighted by Crippen LogP contribution is 2.31. The van der Waals surface area contributed by atoms with Gasteiger partial charge in [-0.3, -0.25) is 9.59 Å². The number of hydrogen-bond donors (Lipinski definition) is 1. The van der Waals surface area contributed by atoms with Crippen molar-refractivity contribution in [2.75, 3.05) is 32.4 Å². The average Bonchev–Trinajstić information content (AvgIpc) is 3.32. The van der Waals surface area contributed by atoms with E-state index in [2.05, 4.69) is 11.4 Å². The SMILES string of the molecule is CC(C)C[C@H]1C(=O)N(CCC2=CCCS2)C[C@H]2N1C(=O)CN(C)N2C(=O)NCc1ccc(F)cc1. The minimum atomic E-state index is -0.590. The van der Waals surface area contributed by atoms with Gasteiger partial charge >= 0.3 is 6.03 Å². The minimum absolute atomic E-state index is 0.0197. The Kier molecular flexibility index (Phi) is 8.01. The molecule has 2 fully saturated rings. The number of fused-ring (bicyclic) bond motifs is 1. The maximum Gasteiger partial charge on any atom is 0.334 e. The highest BCUT2D eigenvalue weighted by molar-refractivity contribution is 8.03. The van der Waals surface area contributed by atoms with E-state index in [1.165, 1.54) is 17.0 Å². The molecule has 3 aliphatic rings. The lowest BCUT2D eigenvalue weighted by Crippen LogP contribution is -2.76. The van der Waals surface area contributed by atoms with Crippen LogP contribution in [0.2, 0.25) is 0 Å². The smallest absolute Gasteiger partial charge is 0.334 e. The number of thioether (sulfide) groups is 1. The van der Waals surface area contributed by atoms with E-state index in [9.17, 15) is 18.8 Å². The fraction of sp³-hybridized carbons (Fsp3) is 0.560. The van der Waals surface area contributed by atoms with Gasteiger partial charge in [0, 0.05) is 25.9 Å². The second-order valence-corrected chi connectivity index (χ2v) is 10.9. The number of allylic oxidation sites excluding steroid dienone is 1. The van der Waals surface area contributed by atoms with E-state index in [0.717, 1.165) is 24.2 Å². The largest absolute Gasteiger partial charge is 0.337 e. The van der Waals surface area contributed by atoms with Crippen LogP contribution in [0, 0.1) is 11.7 Å². The summed E-state index contributed by atoms with van der Waals surface area (Å²) in [4.78, 5) is 44.7. The molecule has 2 saturated heterocycles. The summed E-state index contributed by atoms with van der Waals surface area (Å²) in [6, 6.07) is 5.02. The van der Waals surface area contributed by atoms with Crippen LogP contribution in [0.5, 0.6) is 0 Å². The molecule has 8 nitrogen and oxygen atoms in total. The molecule has 0 aromatic heterocycles. The monoisotopic (exact) mass is 503 g/mol. The molecule has 0 spiro atoms. The van der Waals surface area contributed by atoms with E-state index in [1.807, 2.05) is 30.5 Å². The van der Waals surface area contributed by atoms with E-state index < -0.39 is 12.2 Å².